The Morgan fingerprint density at radius 2 is 2.21 bits per heavy atom. The molecule has 1 atom stereocenters. The summed E-state index contributed by atoms with van der Waals surface area (Å²) in [5, 5.41) is 9.13. The van der Waals surface area contributed by atoms with Gasteiger partial charge in [-0.25, -0.2) is 9.97 Å². The molecule has 0 bridgehead atoms. The fourth-order valence-corrected chi connectivity index (χ4v) is 2.15. The highest BCUT2D eigenvalue weighted by molar-refractivity contribution is 5.61. The van der Waals surface area contributed by atoms with E-state index < -0.39 is 0 Å². The van der Waals surface area contributed by atoms with Gasteiger partial charge in [0.25, 0.3) is 0 Å². The van der Waals surface area contributed by atoms with E-state index in [9.17, 15) is 0 Å². The Morgan fingerprint density at radius 3 is 2.89 bits per heavy atom. The zero-order chi connectivity index (χ0) is 13.1. The highest BCUT2D eigenvalue weighted by Crippen LogP contribution is 2.19. The Labute approximate surface area is 111 Å². The molecule has 1 saturated heterocycles. The molecular formula is C13H16N4O2. The minimum absolute atomic E-state index is 0.0257. The second-order valence-corrected chi connectivity index (χ2v) is 4.49. The molecule has 1 unspecified atom stereocenters. The van der Waals surface area contributed by atoms with Gasteiger partial charge in [-0.1, -0.05) is 0 Å². The molecule has 3 rings (SSSR count). The molecule has 0 aromatic carbocycles. The fraction of sp³-hybridized carbons (Fsp3) is 0.385. The lowest BCUT2D eigenvalue weighted by Gasteiger charge is -2.31. The van der Waals surface area contributed by atoms with Gasteiger partial charge in [0, 0.05) is 49.0 Å². The van der Waals surface area contributed by atoms with Crippen LogP contribution in [0.1, 0.15) is 0 Å². The molecule has 6 heteroatoms. The van der Waals surface area contributed by atoms with Crippen molar-refractivity contribution in [2.75, 3.05) is 31.2 Å². The Morgan fingerprint density at radius 1 is 1.37 bits per heavy atom. The minimum Gasteiger partial charge on any atom is -0.394 e. The average Bonchev–Trinajstić information content (AvgIpc) is 3.02. The van der Waals surface area contributed by atoms with E-state index in [1.54, 1.807) is 0 Å². The van der Waals surface area contributed by atoms with E-state index in [0.29, 0.717) is 19.1 Å². The molecule has 1 fully saturated rings. The number of aliphatic hydroxyl groups excluding tert-OH is 1. The molecule has 3 heterocycles. The Balaban J connectivity index is 1.75. The van der Waals surface area contributed by atoms with Crippen molar-refractivity contribution in [3.8, 4) is 11.1 Å². The SMILES string of the molecule is OCC1CN(c2ncc(-c3cc[nH]c3)cn2)CCO1. The predicted molar refractivity (Wildman–Crippen MR) is 70.9 cm³/mol. The Hall–Kier alpha value is -1.92. The molecule has 2 aromatic heterocycles. The smallest absolute Gasteiger partial charge is 0.225 e. The predicted octanol–water partition coefficient (Wildman–Crippen LogP) is 0.669. The first-order chi connectivity index (χ1) is 9.36. The number of H-pyrrole nitrogens is 1. The first-order valence-electron chi connectivity index (χ1n) is 6.29. The molecule has 100 valence electrons. The molecule has 0 aliphatic carbocycles. The summed E-state index contributed by atoms with van der Waals surface area (Å²) in [4.78, 5) is 13.8. The highest BCUT2D eigenvalue weighted by Gasteiger charge is 2.21. The summed E-state index contributed by atoms with van der Waals surface area (Å²) in [6.07, 6.45) is 7.26. The number of nitrogens with one attached hydrogen (secondary N) is 1. The van der Waals surface area contributed by atoms with E-state index >= 15 is 0 Å². The Kier molecular flexibility index (Phi) is 3.43. The van der Waals surface area contributed by atoms with E-state index in [-0.39, 0.29) is 12.7 Å². The van der Waals surface area contributed by atoms with Gasteiger partial charge in [0.2, 0.25) is 5.95 Å². The van der Waals surface area contributed by atoms with Gasteiger partial charge in [0.05, 0.1) is 19.3 Å². The standard InChI is InChI=1S/C13H16N4O2/c18-9-12-8-17(3-4-19-12)13-15-6-11(7-16-13)10-1-2-14-5-10/h1-2,5-7,12,14,18H,3-4,8-9H2. The van der Waals surface area contributed by atoms with Crippen molar-refractivity contribution < 1.29 is 9.84 Å². The lowest BCUT2D eigenvalue weighted by molar-refractivity contribution is 0.00314. The maximum absolute atomic E-state index is 9.13. The van der Waals surface area contributed by atoms with Gasteiger partial charge in [-0.15, -0.1) is 0 Å². The topological polar surface area (TPSA) is 74.3 Å². The van der Waals surface area contributed by atoms with Crippen molar-refractivity contribution >= 4 is 5.95 Å². The summed E-state index contributed by atoms with van der Waals surface area (Å²) in [5.41, 5.74) is 2.05. The zero-order valence-electron chi connectivity index (χ0n) is 10.5. The second-order valence-electron chi connectivity index (χ2n) is 4.49. The van der Waals surface area contributed by atoms with Crippen molar-refractivity contribution in [1.29, 1.82) is 0 Å². The molecule has 1 aliphatic heterocycles. The van der Waals surface area contributed by atoms with Crippen molar-refractivity contribution in [2.45, 2.75) is 6.10 Å². The third-order valence-corrected chi connectivity index (χ3v) is 3.19. The maximum Gasteiger partial charge on any atom is 0.225 e. The molecule has 0 amide bonds. The van der Waals surface area contributed by atoms with Crippen LogP contribution in [0, 0.1) is 0 Å². The Bertz CT molecular complexity index is 512. The first-order valence-corrected chi connectivity index (χ1v) is 6.29. The number of rotatable bonds is 3. The number of ether oxygens (including phenoxy) is 1. The quantitative estimate of drug-likeness (QED) is 0.848. The molecule has 2 aromatic rings. The van der Waals surface area contributed by atoms with Crippen LogP contribution >= 0.6 is 0 Å². The maximum atomic E-state index is 9.13. The van der Waals surface area contributed by atoms with Gasteiger partial charge in [-0.3, -0.25) is 0 Å². The summed E-state index contributed by atoms with van der Waals surface area (Å²) in [6.45, 7) is 1.99. The number of morpholine rings is 1. The number of anilines is 1. The molecule has 0 radical (unpaired) electrons. The van der Waals surface area contributed by atoms with Crippen molar-refractivity contribution in [3.05, 3.63) is 30.9 Å². The largest absolute Gasteiger partial charge is 0.394 e. The van der Waals surface area contributed by atoms with E-state index in [4.69, 9.17) is 9.84 Å². The fourth-order valence-electron chi connectivity index (χ4n) is 2.15. The van der Waals surface area contributed by atoms with Crippen molar-refractivity contribution in [2.24, 2.45) is 0 Å². The first kappa shape index (κ1) is 12.1. The highest BCUT2D eigenvalue weighted by atomic mass is 16.5. The zero-order valence-corrected chi connectivity index (χ0v) is 10.5. The van der Waals surface area contributed by atoms with Gasteiger partial charge in [-0.2, -0.15) is 0 Å². The summed E-state index contributed by atoms with van der Waals surface area (Å²) in [7, 11) is 0. The normalized spacial score (nSPS) is 19.6. The van der Waals surface area contributed by atoms with Crippen LogP contribution in [0.3, 0.4) is 0 Å². The number of aromatic amines is 1. The molecule has 2 N–H and O–H groups in total. The summed E-state index contributed by atoms with van der Waals surface area (Å²) < 4.78 is 5.41. The number of hydrogen-bond acceptors (Lipinski definition) is 5. The van der Waals surface area contributed by atoms with Crippen LogP contribution in [0.5, 0.6) is 0 Å². The van der Waals surface area contributed by atoms with Crippen LogP contribution in [-0.2, 0) is 4.74 Å². The molecule has 19 heavy (non-hydrogen) atoms. The van der Waals surface area contributed by atoms with E-state index in [1.807, 2.05) is 35.8 Å². The lowest BCUT2D eigenvalue weighted by atomic mass is 10.2. The van der Waals surface area contributed by atoms with Crippen LogP contribution in [0.2, 0.25) is 0 Å². The molecule has 1 aliphatic rings. The van der Waals surface area contributed by atoms with Gasteiger partial charge in [-0.05, 0) is 6.07 Å². The average molecular weight is 260 g/mol. The van der Waals surface area contributed by atoms with Gasteiger partial charge in [0.15, 0.2) is 0 Å². The molecule has 0 saturated carbocycles. The van der Waals surface area contributed by atoms with Gasteiger partial charge in [0.1, 0.15) is 0 Å². The molecular weight excluding hydrogens is 244 g/mol. The summed E-state index contributed by atoms with van der Waals surface area (Å²) >= 11 is 0. The third-order valence-electron chi connectivity index (χ3n) is 3.19. The lowest BCUT2D eigenvalue weighted by Crippen LogP contribution is -2.44. The van der Waals surface area contributed by atoms with E-state index in [0.717, 1.165) is 17.7 Å². The van der Waals surface area contributed by atoms with Crippen LogP contribution < -0.4 is 4.90 Å². The summed E-state index contributed by atoms with van der Waals surface area (Å²) in [5.74, 6) is 0.682. The monoisotopic (exact) mass is 260 g/mol. The van der Waals surface area contributed by atoms with E-state index in [1.165, 1.54) is 0 Å². The van der Waals surface area contributed by atoms with Crippen LogP contribution in [0.25, 0.3) is 11.1 Å². The number of nitrogens with zero attached hydrogens (tertiary/aromatic N) is 3. The van der Waals surface area contributed by atoms with E-state index in [2.05, 4.69) is 15.0 Å². The van der Waals surface area contributed by atoms with Crippen LogP contribution in [0.4, 0.5) is 5.95 Å². The number of hydrogen-bond donors (Lipinski definition) is 2. The summed E-state index contributed by atoms with van der Waals surface area (Å²) in [6, 6.07) is 1.98. The van der Waals surface area contributed by atoms with Gasteiger partial charge >= 0.3 is 0 Å². The van der Waals surface area contributed by atoms with Crippen LogP contribution in [0.15, 0.2) is 30.9 Å². The third kappa shape index (κ3) is 2.59. The number of aliphatic hydroxyl groups is 1. The van der Waals surface area contributed by atoms with Gasteiger partial charge < -0.3 is 19.7 Å². The second kappa shape index (κ2) is 5.38. The van der Waals surface area contributed by atoms with Crippen molar-refractivity contribution in [3.63, 3.8) is 0 Å². The minimum atomic E-state index is -0.151. The molecule has 0 spiro atoms. The van der Waals surface area contributed by atoms with Crippen molar-refractivity contribution in [1.82, 2.24) is 15.0 Å². The van der Waals surface area contributed by atoms with Crippen LogP contribution in [-0.4, -0.2) is 52.5 Å². The molecule has 6 nitrogen and oxygen atoms in total. The number of aromatic nitrogens is 3.